The van der Waals surface area contributed by atoms with E-state index in [1.807, 2.05) is 0 Å². The molecular formula is C14H20N2O2. The Labute approximate surface area is 107 Å². The monoisotopic (exact) mass is 248 g/mol. The van der Waals surface area contributed by atoms with Gasteiger partial charge in [0.15, 0.2) is 0 Å². The molecule has 1 saturated carbocycles. The van der Waals surface area contributed by atoms with E-state index in [-0.39, 0.29) is 5.92 Å². The number of nitrogens with zero attached hydrogens (tertiary/aromatic N) is 1. The maximum atomic E-state index is 11.2. The molecule has 3 rings (SSSR count). The molecule has 0 aliphatic heterocycles. The molecule has 98 valence electrons. The Kier molecular flexibility index (Phi) is 3.10. The van der Waals surface area contributed by atoms with E-state index >= 15 is 0 Å². The molecule has 1 heterocycles. The number of carboxylic acid groups (broad SMARTS) is 1. The number of nitrogens with one attached hydrogen (secondary N) is 1. The maximum Gasteiger partial charge on any atom is 0.312 e. The highest BCUT2D eigenvalue weighted by molar-refractivity contribution is 5.76. The third-order valence-corrected chi connectivity index (χ3v) is 4.36. The number of carboxylic acids is 1. The van der Waals surface area contributed by atoms with Crippen LogP contribution in [-0.2, 0) is 17.6 Å². The van der Waals surface area contributed by atoms with Gasteiger partial charge in [0.05, 0.1) is 5.69 Å². The molecule has 0 spiro atoms. The van der Waals surface area contributed by atoms with Crippen molar-refractivity contribution < 1.29 is 9.90 Å². The molecular weight excluding hydrogens is 228 g/mol. The van der Waals surface area contributed by atoms with Crippen LogP contribution in [0.4, 0.5) is 0 Å². The minimum atomic E-state index is -0.727. The van der Waals surface area contributed by atoms with Crippen LogP contribution < -0.4 is 0 Å². The summed E-state index contributed by atoms with van der Waals surface area (Å²) in [6.45, 7) is 0. The lowest BCUT2D eigenvalue weighted by Gasteiger charge is -2.16. The number of hydrogen-bond donors (Lipinski definition) is 2. The van der Waals surface area contributed by atoms with Crippen LogP contribution in [0.5, 0.6) is 0 Å². The molecule has 1 aromatic heterocycles. The van der Waals surface area contributed by atoms with E-state index in [4.69, 9.17) is 0 Å². The van der Waals surface area contributed by atoms with Crippen LogP contribution in [0.3, 0.4) is 0 Å². The van der Waals surface area contributed by atoms with Crippen LogP contribution in [-0.4, -0.2) is 21.0 Å². The fraction of sp³-hybridized carbons (Fsp3) is 0.714. The Bertz CT molecular complexity index is 447. The van der Waals surface area contributed by atoms with E-state index in [0.29, 0.717) is 0 Å². The Hall–Kier alpha value is -1.32. The number of fused-ring (bicyclic) bond motifs is 1. The summed E-state index contributed by atoms with van der Waals surface area (Å²) in [7, 11) is 0. The largest absolute Gasteiger partial charge is 0.481 e. The number of H-pyrrole nitrogens is 1. The van der Waals surface area contributed by atoms with Gasteiger partial charge in [0, 0.05) is 12.1 Å². The topological polar surface area (TPSA) is 66.0 Å². The van der Waals surface area contributed by atoms with Crippen LogP contribution in [0.1, 0.15) is 61.7 Å². The van der Waals surface area contributed by atoms with Gasteiger partial charge in [-0.15, -0.1) is 0 Å². The van der Waals surface area contributed by atoms with Gasteiger partial charge in [-0.3, -0.25) is 4.79 Å². The highest BCUT2D eigenvalue weighted by Gasteiger charge is 2.30. The summed E-state index contributed by atoms with van der Waals surface area (Å²) in [5.41, 5.74) is 1.88. The second kappa shape index (κ2) is 4.75. The fourth-order valence-corrected chi connectivity index (χ4v) is 3.40. The van der Waals surface area contributed by atoms with E-state index in [1.165, 1.54) is 25.7 Å². The van der Waals surface area contributed by atoms with Crippen molar-refractivity contribution in [2.45, 2.75) is 57.3 Å². The van der Waals surface area contributed by atoms with E-state index < -0.39 is 5.97 Å². The smallest absolute Gasteiger partial charge is 0.312 e. The molecule has 0 amide bonds. The van der Waals surface area contributed by atoms with Crippen LogP contribution in [0.2, 0.25) is 0 Å². The van der Waals surface area contributed by atoms with Crippen LogP contribution in [0.15, 0.2) is 0 Å². The number of imidazole rings is 1. The number of aryl methyl sites for hydroxylation is 1. The lowest BCUT2D eigenvalue weighted by Crippen LogP contribution is -2.17. The quantitative estimate of drug-likeness (QED) is 0.864. The molecule has 18 heavy (non-hydrogen) atoms. The average molecular weight is 248 g/mol. The first-order valence-electron chi connectivity index (χ1n) is 7.04. The Morgan fingerprint density at radius 2 is 2.06 bits per heavy atom. The standard InChI is InChI=1S/C14H20N2O2/c17-14(18)10-6-3-7-11-13(10)16-12(15-11)8-9-4-1-2-5-9/h9-10H,1-8H2,(H,15,16)(H,17,18). The third-order valence-electron chi connectivity index (χ3n) is 4.36. The molecule has 2 aliphatic carbocycles. The minimum absolute atomic E-state index is 0.387. The predicted molar refractivity (Wildman–Crippen MR) is 67.6 cm³/mol. The zero-order valence-corrected chi connectivity index (χ0v) is 10.6. The van der Waals surface area contributed by atoms with Crippen molar-refractivity contribution >= 4 is 5.97 Å². The summed E-state index contributed by atoms with van der Waals surface area (Å²) in [6, 6.07) is 0. The summed E-state index contributed by atoms with van der Waals surface area (Å²) >= 11 is 0. The number of carbonyl (C=O) groups is 1. The molecule has 2 aliphatic rings. The van der Waals surface area contributed by atoms with Crippen LogP contribution >= 0.6 is 0 Å². The summed E-state index contributed by atoms with van der Waals surface area (Å²) in [6.07, 6.45) is 8.91. The number of hydrogen-bond acceptors (Lipinski definition) is 2. The molecule has 1 unspecified atom stereocenters. The lowest BCUT2D eigenvalue weighted by molar-refractivity contribution is -0.139. The lowest BCUT2D eigenvalue weighted by atomic mass is 9.90. The van der Waals surface area contributed by atoms with E-state index in [2.05, 4.69) is 9.97 Å². The minimum Gasteiger partial charge on any atom is -0.481 e. The average Bonchev–Trinajstić information content (AvgIpc) is 2.96. The maximum absolute atomic E-state index is 11.2. The molecule has 4 heteroatoms. The second-order valence-corrected chi connectivity index (χ2v) is 5.68. The zero-order valence-electron chi connectivity index (χ0n) is 10.6. The van der Waals surface area contributed by atoms with Crippen molar-refractivity contribution in [3.63, 3.8) is 0 Å². The number of aromatic nitrogens is 2. The van der Waals surface area contributed by atoms with Gasteiger partial charge in [-0.25, -0.2) is 4.98 Å². The van der Waals surface area contributed by atoms with Crippen molar-refractivity contribution in [2.24, 2.45) is 5.92 Å². The fourth-order valence-electron chi connectivity index (χ4n) is 3.40. The number of aliphatic carboxylic acids is 1. The first kappa shape index (κ1) is 11.8. The second-order valence-electron chi connectivity index (χ2n) is 5.68. The van der Waals surface area contributed by atoms with Crippen molar-refractivity contribution in [1.82, 2.24) is 9.97 Å². The Morgan fingerprint density at radius 3 is 2.78 bits per heavy atom. The van der Waals surface area contributed by atoms with Gasteiger partial charge in [0.25, 0.3) is 0 Å². The van der Waals surface area contributed by atoms with E-state index in [0.717, 1.165) is 48.8 Å². The first-order chi connectivity index (χ1) is 8.74. The van der Waals surface area contributed by atoms with Gasteiger partial charge in [-0.05, 0) is 25.2 Å². The highest BCUT2D eigenvalue weighted by atomic mass is 16.4. The van der Waals surface area contributed by atoms with Crippen molar-refractivity contribution in [1.29, 1.82) is 0 Å². The zero-order chi connectivity index (χ0) is 12.5. The van der Waals surface area contributed by atoms with E-state index in [9.17, 15) is 9.90 Å². The predicted octanol–water partition coefficient (Wildman–Crippen LogP) is 2.65. The molecule has 0 bridgehead atoms. The van der Waals surface area contributed by atoms with Gasteiger partial charge in [0.2, 0.25) is 0 Å². The molecule has 0 aromatic carbocycles. The number of rotatable bonds is 3. The van der Waals surface area contributed by atoms with E-state index in [1.54, 1.807) is 0 Å². The van der Waals surface area contributed by atoms with Gasteiger partial charge < -0.3 is 10.1 Å². The first-order valence-corrected chi connectivity index (χ1v) is 7.04. The normalized spacial score (nSPS) is 24.1. The summed E-state index contributed by atoms with van der Waals surface area (Å²) < 4.78 is 0. The Balaban J connectivity index is 1.79. The third kappa shape index (κ3) is 2.16. The summed E-state index contributed by atoms with van der Waals surface area (Å²) in [5.74, 6) is 0.651. The van der Waals surface area contributed by atoms with Crippen LogP contribution in [0.25, 0.3) is 0 Å². The molecule has 1 aromatic rings. The van der Waals surface area contributed by atoms with Crippen molar-refractivity contribution in [3.8, 4) is 0 Å². The van der Waals surface area contributed by atoms with Crippen molar-refractivity contribution in [2.75, 3.05) is 0 Å². The van der Waals surface area contributed by atoms with Crippen LogP contribution in [0, 0.1) is 5.92 Å². The number of aromatic amines is 1. The molecule has 1 fully saturated rings. The summed E-state index contributed by atoms with van der Waals surface area (Å²) in [5, 5.41) is 9.22. The van der Waals surface area contributed by atoms with Crippen molar-refractivity contribution in [3.05, 3.63) is 17.2 Å². The molecule has 4 nitrogen and oxygen atoms in total. The van der Waals surface area contributed by atoms with Gasteiger partial charge >= 0.3 is 5.97 Å². The summed E-state index contributed by atoms with van der Waals surface area (Å²) in [4.78, 5) is 19.2. The Morgan fingerprint density at radius 1 is 1.28 bits per heavy atom. The molecule has 2 N–H and O–H groups in total. The van der Waals surface area contributed by atoms with Gasteiger partial charge in [0.1, 0.15) is 11.7 Å². The molecule has 0 radical (unpaired) electrons. The molecule has 0 saturated heterocycles. The SMILES string of the molecule is O=C(O)C1CCCc2[nH]c(CC3CCCC3)nc21. The van der Waals surface area contributed by atoms with Gasteiger partial charge in [-0.2, -0.15) is 0 Å². The molecule has 1 atom stereocenters. The van der Waals surface area contributed by atoms with Gasteiger partial charge in [-0.1, -0.05) is 25.7 Å². The highest BCUT2D eigenvalue weighted by Crippen LogP contribution is 2.32.